The van der Waals surface area contributed by atoms with Crippen LogP contribution < -0.4 is 5.32 Å². The summed E-state index contributed by atoms with van der Waals surface area (Å²) in [6.45, 7) is 0.665. The van der Waals surface area contributed by atoms with Gasteiger partial charge in [0.1, 0.15) is 5.82 Å². The number of aromatic nitrogens is 3. The molecule has 0 saturated heterocycles. The van der Waals surface area contributed by atoms with Crippen molar-refractivity contribution < 1.29 is 4.79 Å². The fourth-order valence-electron chi connectivity index (χ4n) is 2.76. The maximum absolute atomic E-state index is 12.2. The van der Waals surface area contributed by atoms with Gasteiger partial charge in [-0.25, -0.2) is 0 Å². The number of nitrogens with zero attached hydrogens (tertiary/aromatic N) is 3. The summed E-state index contributed by atoms with van der Waals surface area (Å²) in [5.74, 6) is 1.88. The van der Waals surface area contributed by atoms with Gasteiger partial charge in [-0.15, -0.1) is 21.5 Å². The van der Waals surface area contributed by atoms with Crippen molar-refractivity contribution in [2.75, 3.05) is 12.3 Å². The third-order valence-electron chi connectivity index (χ3n) is 4.22. The van der Waals surface area contributed by atoms with Gasteiger partial charge in [0, 0.05) is 23.0 Å². The lowest BCUT2D eigenvalue weighted by molar-refractivity contribution is -0.118. The average molecular weight is 385 g/mol. The van der Waals surface area contributed by atoms with Gasteiger partial charge in [0.2, 0.25) is 5.91 Å². The van der Waals surface area contributed by atoms with Gasteiger partial charge in [-0.1, -0.05) is 36.0 Å². The van der Waals surface area contributed by atoms with Gasteiger partial charge in [-0.2, -0.15) is 0 Å². The Morgan fingerprint density at radius 1 is 1.19 bits per heavy atom. The Morgan fingerprint density at radius 3 is 2.77 bits per heavy atom. The monoisotopic (exact) mass is 384 g/mol. The molecule has 134 valence electrons. The number of carbonyl (C=O) groups is 1. The largest absolute Gasteiger partial charge is 0.355 e. The summed E-state index contributed by atoms with van der Waals surface area (Å²) >= 11 is 3.16. The number of rotatable bonds is 8. The molecular weight excluding hydrogens is 364 g/mol. The van der Waals surface area contributed by atoms with Crippen LogP contribution in [0.25, 0.3) is 5.69 Å². The van der Waals surface area contributed by atoms with Crippen molar-refractivity contribution in [2.45, 2.75) is 30.3 Å². The number of amides is 1. The Labute approximate surface area is 160 Å². The van der Waals surface area contributed by atoms with Gasteiger partial charge >= 0.3 is 0 Å². The lowest BCUT2D eigenvalue weighted by Crippen LogP contribution is -2.27. The molecule has 1 fully saturated rings. The summed E-state index contributed by atoms with van der Waals surface area (Å²) in [4.78, 5) is 13.4. The first-order valence-electron chi connectivity index (χ1n) is 8.74. The molecule has 0 unspecified atom stereocenters. The number of nitrogens with one attached hydrogen (secondary N) is 1. The fourth-order valence-corrected chi connectivity index (χ4v) is 4.26. The summed E-state index contributed by atoms with van der Waals surface area (Å²) in [7, 11) is 0. The van der Waals surface area contributed by atoms with Crippen LogP contribution in [-0.2, 0) is 11.2 Å². The highest BCUT2D eigenvalue weighted by Crippen LogP contribution is 2.41. The molecule has 1 aromatic carbocycles. The number of para-hydroxylation sites is 1. The van der Waals surface area contributed by atoms with Crippen molar-refractivity contribution in [3.63, 3.8) is 0 Å². The maximum atomic E-state index is 12.2. The van der Waals surface area contributed by atoms with Gasteiger partial charge in [0.25, 0.3) is 0 Å². The highest BCUT2D eigenvalue weighted by Gasteiger charge is 2.31. The van der Waals surface area contributed by atoms with Crippen LogP contribution in [0.3, 0.4) is 0 Å². The second-order valence-electron chi connectivity index (χ2n) is 6.25. The Balaban J connectivity index is 1.38. The molecule has 0 bridgehead atoms. The van der Waals surface area contributed by atoms with Crippen molar-refractivity contribution in [1.82, 2.24) is 20.1 Å². The van der Waals surface area contributed by atoms with E-state index < -0.39 is 0 Å². The Kier molecular flexibility index (Phi) is 5.36. The van der Waals surface area contributed by atoms with E-state index in [2.05, 4.69) is 43.7 Å². The van der Waals surface area contributed by atoms with Crippen molar-refractivity contribution in [3.8, 4) is 5.69 Å². The Morgan fingerprint density at radius 2 is 2.04 bits per heavy atom. The van der Waals surface area contributed by atoms with Gasteiger partial charge in [-0.05, 0) is 42.8 Å². The van der Waals surface area contributed by atoms with E-state index in [0.29, 0.717) is 18.2 Å². The number of hydrogen-bond donors (Lipinski definition) is 1. The van der Waals surface area contributed by atoms with Crippen LogP contribution in [-0.4, -0.2) is 33.0 Å². The van der Waals surface area contributed by atoms with E-state index in [9.17, 15) is 4.79 Å². The van der Waals surface area contributed by atoms with E-state index in [1.807, 2.05) is 24.3 Å². The van der Waals surface area contributed by atoms with Crippen molar-refractivity contribution in [2.24, 2.45) is 0 Å². The van der Waals surface area contributed by atoms with Crippen LogP contribution in [0.15, 0.2) is 53.0 Å². The molecule has 5 nitrogen and oxygen atoms in total. The Bertz CT molecular complexity index is 857. The molecule has 2 heterocycles. The minimum Gasteiger partial charge on any atom is -0.355 e. The molecule has 1 saturated carbocycles. The van der Waals surface area contributed by atoms with E-state index in [0.717, 1.165) is 23.1 Å². The highest BCUT2D eigenvalue weighted by molar-refractivity contribution is 7.99. The third-order valence-corrected chi connectivity index (χ3v) is 6.09. The van der Waals surface area contributed by atoms with E-state index in [-0.39, 0.29) is 5.91 Å². The molecule has 4 rings (SSSR count). The summed E-state index contributed by atoms with van der Waals surface area (Å²) in [6.07, 6.45) is 3.21. The summed E-state index contributed by atoms with van der Waals surface area (Å²) < 4.78 is 2.10. The molecule has 26 heavy (non-hydrogen) atoms. The maximum Gasteiger partial charge on any atom is 0.230 e. The van der Waals surface area contributed by atoms with E-state index >= 15 is 0 Å². The molecule has 0 radical (unpaired) electrons. The zero-order chi connectivity index (χ0) is 17.8. The Hall–Kier alpha value is -2.12. The first-order chi connectivity index (χ1) is 12.8. The zero-order valence-electron chi connectivity index (χ0n) is 14.3. The normalized spacial score (nSPS) is 13.7. The molecule has 1 aliphatic rings. The highest BCUT2D eigenvalue weighted by atomic mass is 32.2. The summed E-state index contributed by atoms with van der Waals surface area (Å²) in [6, 6.07) is 14.3. The molecule has 0 spiro atoms. The minimum atomic E-state index is 0.0298. The predicted octanol–water partition coefficient (Wildman–Crippen LogP) is 3.66. The van der Waals surface area contributed by atoms with Crippen LogP contribution in [0.1, 0.15) is 29.5 Å². The summed E-state index contributed by atoms with van der Waals surface area (Å²) in [5, 5.41) is 14.6. The van der Waals surface area contributed by atoms with Crippen molar-refractivity contribution >= 4 is 29.0 Å². The fraction of sp³-hybridized carbons (Fsp3) is 0.316. The van der Waals surface area contributed by atoms with Gasteiger partial charge in [-0.3, -0.25) is 9.36 Å². The van der Waals surface area contributed by atoms with Crippen LogP contribution in [0.2, 0.25) is 0 Å². The molecule has 2 aromatic heterocycles. The number of thioether (sulfide) groups is 1. The molecular formula is C19H20N4OS2. The number of hydrogen-bond acceptors (Lipinski definition) is 5. The predicted molar refractivity (Wildman–Crippen MR) is 105 cm³/mol. The molecule has 3 aromatic rings. The molecule has 0 atom stereocenters. The number of carbonyl (C=O) groups excluding carboxylic acids is 1. The second-order valence-corrected chi connectivity index (χ2v) is 8.23. The molecule has 0 aliphatic heterocycles. The zero-order valence-corrected chi connectivity index (χ0v) is 15.9. The van der Waals surface area contributed by atoms with Crippen LogP contribution in [0.4, 0.5) is 0 Å². The number of benzene rings is 1. The first-order valence-corrected chi connectivity index (χ1v) is 10.6. The molecule has 1 amide bonds. The lowest BCUT2D eigenvalue weighted by atomic mass is 10.3. The van der Waals surface area contributed by atoms with Gasteiger partial charge in [0.05, 0.1) is 5.75 Å². The molecule has 1 N–H and O–H groups in total. The van der Waals surface area contributed by atoms with Crippen LogP contribution >= 0.6 is 23.1 Å². The third kappa shape index (κ3) is 4.16. The quantitative estimate of drug-likeness (QED) is 0.602. The van der Waals surface area contributed by atoms with Crippen LogP contribution in [0.5, 0.6) is 0 Å². The topological polar surface area (TPSA) is 59.8 Å². The van der Waals surface area contributed by atoms with E-state index in [1.165, 1.54) is 29.5 Å². The van der Waals surface area contributed by atoms with Crippen LogP contribution in [0, 0.1) is 0 Å². The molecule has 1 aliphatic carbocycles. The molecule has 7 heteroatoms. The second kappa shape index (κ2) is 8.05. The van der Waals surface area contributed by atoms with Crippen molar-refractivity contribution in [1.29, 1.82) is 0 Å². The summed E-state index contributed by atoms with van der Waals surface area (Å²) in [5.41, 5.74) is 1.06. The van der Waals surface area contributed by atoms with E-state index in [1.54, 1.807) is 11.3 Å². The average Bonchev–Trinajstić information content (AvgIpc) is 3.21. The lowest BCUT2D eigenvalue weighted by Gasteiger charge is -2.09. The number of thiophene rings is 1. The van der Waals surface area contributed by atoms with Gasteiger partial charge in [0.15, 0.2) is 5.16 Å². The minimum absolute atomic E-state index is 0.0298. The van der Waals surface area contributed by atoms with E-state index in [4.69, 9.17) is 0 Å². The first kappa shape index (κ1) is 17.3. The van der Waals surface area contributed by atoms with Crippen molar-refractivity contribution in [3.05, 3.63) is 58.5 Å². The SMILES string of the molecule is O=C(CSc1nnc(C2CC2)n1-c1ccccc1)NCCc1cccs1. The standard InChI is InChI=1S/C19H20N4OS2/c24-17(20-11-10-16-7-4-12-25-16)13-26-19-22-21-18(14-8-9-14)23(19)15-5-2-1-3-6-15/h1-7,12,14H,8-11,13H2,(H,20,24). The van der Waals surface area contributed by atoms with Gasteiger partial charge < -0.3 is 5.32 Å². The smallest absolute Gasteiger partial charge is 0.230 e.